The number of carbonyl (C=O) groups excluding carboxylic acids is 2. The number of hydrogen-bond acceptors (Lipinski definition) is 3. The van der Waals surface area contributed by atoms with Crippen LogP contribution in [0.15, 0.2) is 79.0 Å². The van der Waals surface area contributed by atoms with Crippen molar-refractivity contribution in [1.82, 2.24) is 4.90 Å². The highest BCUT2D eigenvalue weighted by Gasteiger charge is 2.43. The Balaban J connectivity index is 1.62. The van der Waals surface area contributed by atoms with Crippen molar-refractivity contribution in [2.45, 2.75) is 31.8 Å². The number of ketones is 1. The molecule has 1 heterocycles. The first-order valence-electron chi connectivity index (χ1n) is 10.9. The van der Waals surface area contributed by atoms with Crippen LogP contribution in [0.5, 0.6) is 0 Å². The van der Waals surface area contributed by atoms with E-state index >= 15 is 0 Å². The quantitative estimate of drug-likeness (QED) is 0.335. The molecule has 0 aromatic heterocycles. The van der Waals surface area contributed by atoms with E-state index in [0.29, 0.717) is 51.3 Å². The van der Waals surface area contributed by atoms with Crippen molar-refractivity contribution >= 4 is 52.2 Å². The normalized spacial score (nSPS) is 17.1. The number of halogens is 3. The summed E-state index contributed by atoms with van der Waals surface area (Å²) in [5, 5.41) is 4.39. The van der Waals surface area contributed by atoms with Crippen LogP contribution in [-0.4, -0.2) is 22.1 Å². The van der Waals surface area contributed by atoms with Crippen molar-refractivity contribution < 1.29 is 9.59 Å². The summed E-state index contributed by atoms with van der Waals surface area (Å²) >= 11 is 18.5. The molecule has 174 valence electrons. The molecule has 0 saturated carbocycles. The van der Waals surface area contributed by atoms with E-state index in [4.69, 9.17) is 34.8 Å². The molecule has 0 spiro atoms. The molecule has 1 amide bonds. The third-order valence-electron chi connectivity index (χ3n) is 6.15. The van der Waals surface area contributed by atoms with Crippen LogP contribution in [0, 0.1) is 0 Å². The maximum Gasteiger partial charge on any atom is 0.250 e. The van der Waals surface area contributed by atoms with Gasteiger partial charge in [0, 0.05) is 22.7 Å². The van der Waals surface area contributed by atoms with E-state index in [1.54, 1.807) is 48.5 Å². The number of benzene rings is 3. The van der Waals surface area contributed by atoms with Gasteiger partial charge in [0.25, 0.3) is 5.91 Å². The van der Waals surface area contributed by atoms with E-state index < -0.39 is 5.54 Å². The van der Waals surface area contributed by atoms with Crippen molar-refractivity contribution in [3.8, 4) is 0 Å². The second-order valence-electron chi connectivity index (χ2n) is 8.19. The van der Waals surface area contributed by atoms with E-state index in [1.165, 1.54) is 0 Å². The molecular weight excluding hydrogens is 491 g/mol. The Morgan fingerprint density at radius 2 is 1.74 bits per heavy atom. The molecule has 34 heavy (non-hydrogen) atoms. The summed E-state index contributed by atoms with van der Waals surface area (Å²) < 4.78 is 0. The lowest BCUT2D eigenvalue weighted by Crippen LogP contribution is -2.51. The SMILES string of the molecule is CC[C@]1(C(=O)Nc2ccc(Cl)cc2C(=O)c2ccccc2)CC=CN1Cc1ccc(Cl)c(Cl)c1. The van der Waals surface area contributed by atoms with Crippen molar-refractivity contribution in [2.24, 2.45) is 0 Å². The van der Waals surface area contributed by atoms with Crippen LogP contribution in [0.2, 0.25) is 15.1 Å². The molecule has 4 nitrogen and oxygen atoms in total. The lowest BCUT2D eigenvalue weighted by molar-refractivity contribution is -0.126. The lowest BCUT2D eigenvalue weighted by Gasteiger charge is -2.38. The molecule has 0 unspecified atom stereocenters. The number of amides is 1. The van der Waals surface area contributed by atoms with Crippen molar-refractivity contribution in [2.75, 3.05) is 5.32 Å². The van der Waals surface area contributed by atoms with Gasteiger partial charge in [0.05, 0.1) is 15.7 Å². The molecule has 0 fully saturated rings. The molecule has 1 N–H and O–H groups in total. The Morgan fingerprint density at radius 3 is 2.44 bits per heavy atom. The van der Waals surface area contributed by atoms with Crippen LogP contribution in [0.4, 0.5) is 5.69 Å². The standard InChI is InChI=1S/C27H23Cl3N2O2/c1-2-27(13-6-14-32(27)17-18-9-11-22(29)23(30)15-18)26(34)31-24-12-10-20(28)16-21(24)25(33)19-7-4-3-5-8-19/h3-12,14-16H,2,13,17H2,1H3,(H,31,34)/t27-/m1/s1. The summed E-state index contributed by atoms with van der Waals surface area (Å²) in [6.07, 6.45) is 5.04. The lowest BCUT2D eigenvalue weighted by atomic mass is 9.90. The van der Waals surface area contributed by atoms with Gasteiger partial charge < -0.3 is 10.2 Å². The first kappa shape index (κ1) is 24.3. The zero-order valence-corrected chi connectivity index (χ0v) is 20.8. The minimum atomic E-state index is -0.807. The van der Waals surface area contributed by atoms with E-state index in [9.17, 15) is 9.59 Å². The molecule has 0 aliphatic carbocycles. The average Bonchev–Trinajstić information content (AvgIpc) is 3.26. The van der Waals surface area contributed by atoms with Gasteiger partial charge in [-0.15, -0.1) is 0 Å². The fourth-order valence-corrected chi connectivity index (χ4v) is 4.69. The van der Waals surface area contributed by atoms with E-state index in [2.05, 4.69) is 5.32 Å². The van der Waals surface area contributed by atoms with Gasteiger partial charge >= 0.3 is 0 Å². The smallest absolute Gasteiger partial charge is 0.250 e. The second-order valence-corrected chi connectivity index (χ2v) is 9.44. The highest BCUT2D eigenvalue weighted by molar-refractivity contribution is 6.42. The topological polar surface area (TPSA) is 49.4 Å². The Bertz CT molecular complexity index is 1260. The summed E-state index contributed by atoms with van der Waals surface area (Å²) in [6, 6.07) is 19.3. The van der Waals surface area contributed by atoms with Crippen LogP contribution >= 0.6 is 34.8 Å². The van der Waals surface area contributed by atoms with Gasteiger partial charge in [-0.2, -0.15) is 0 Å². The molecule has 4 rings (SSSR count). The van der Waals surface area contributed by atoms with Gasteiger partial charge in [-0.05, 0) is 54.9 Å². The molecular formula is C27H23Cl3N2O2. The second kappa shape index (κ2) is 10.2. The summed E-state index contributed by atoms with van der Waals surface area (Å²) in [5.74, 6) is -0.398. The molecule has 0 saturated heterocycles. The van der Waals surface area contributed by atoms with Gasteiger partial charge in [0.1, 0.15) is 5.54 Å². The van der Waals surface area contributed by atoms with Crippen molar-refractivity contribution in [3.63, 3.8) is 0 Å². The Morgan fingerprint density at radius 1 is 0.971 bits per heavy atom. The summed E-state index contributed by atoms with van der Waals surface area (Å²) in [4.78, 5) is 28.9. The number of hydrogen-bond donors (Lipinski definition) is 1. The molecule has 0 bridgehead atoms. The van der Waals surface area contributed by atoms with Gasteiger partial charge in [-0.3, -0.25) is 9.59 Å². The number of nitrogens with zero attached hydrogens (tertiary/aromatic N) is 1. The van der Waals surface area contributed by atoms with E-state index in [0.717, 1.165) is 5.56 Å². The molecule has 3 aromatic carbocycles. The molecule has 7 heteroatoms. The fraction of sp³-hybridized carbons (Fsp3) is 0.185. The highest BCUT2D eigenvalue weighted by atomic mass is 35.5. The zero-order valence-electron chi connectivity index (χ0n) is 18.5. The number of carbonyl (C=O) groups is 2. The fourth-order valence-electron chi connectivity index (χ4n) is 4.20. The average molecular weight is 514 g/mol. The monoisotopic (exact) mass is 512 g/mol. The van der Waals surface area contributed by atoms with Gasteiger partial charge in [-0.25, -0.2) is 0 Å². The minimum absolute atomic E-state index is 0.190. The van der Waals surface area contributed by atoms with Gasteiger partial charge in [0.2, 0.25) is 0 Å². The highest BCUT2D eigenvalue weighted by Crippen LogP contribution is 2.35. The van der Waals surface area contributed by atoms with Gasteiger partial charge in [-0.1, -0.05) is 84.2 Å². The largest absolute Gasteiger partial charge is 0.359 e. The van der Waals surface area contributed by atoms with E-state index in [1.807, 2.05) is 42.3 Å². The Labute approximate surface area is 214 Å². The van der Waals surface area contributed by atoms with Crippen LogP contribution in [-0.2, 0) is 11.3 Å². The first-order valence-corrected chi connectivity index (χ1v) is 12.1. The number of anilines is 1. The number of rotatable bonds is 7. The summed E-state index contributed by atoms with van der Waals surface area (Å²) in [7, 11) is 0. The molecule has 1 aliphatic rings. The predicted octanol–water partition coefficient (Wildman–Crippen LogP) is 7.38. The molecule has 3 aromatic rings. The maximum absolute atomic E-state index is 13.7. The Hall–Kier alpha value is -2.79. The number of nitrogens with one attached hydrogen (secondary N) is 1. The van der Waals surface area contributed by atoms with Crippen LogP contribution in [0.1, 0.15) is 41.3 Å². The van der Waals surface area contributed by atoms with Gasteiger partial charge in [0.15, 0.2) is 5.78 Å². The zero-order chi connectivity index (χ0) is 24.3. The maximum atomic E-state index is 13.7. The Kier molecular flexibility index (Phi) is 7.32. The summed E-state index contributed by atoms with van der Waals surface area (Å²) in [5.41, 5.74) is 1.43. The first-order chi connectivity index (χ1) is 16.3. The van der Waals surface area contributed by atoms with Crippen LogP contribution in [0.25, 0.3) is 0 Å². The predicted molar refractivity (Wildman–Crippen MR) is 139 cm³/mol. The molecule has 1 aliphatic heterocycles. The third kappa shape index (κ3) is 4.85. The molecule has 0 radical (unpaired) electrons. The van der Waals surface area contributed by atoms with Crippen LogP contribution in [0.3, 0.4) is 0 Å². The minimum Gasteiger partial charge on any atom is -0.359 e. The molecule has 1 atom stereocenters. The van der Waals surface area contributed by atoms with Crippen molar-refractivity contribution in [3.05, 3.63) is 111 Å². The van der Waals surface area contributed by atoms with Crippen LogP contribution < -0.4 is 5.32 Å². The van der Waals surface area contributed by atoms with Crippen molar-refractivity contribution in [1.29, 1.82) is 0 Å². The van der Waals surface area contributed by atoms with E-state index in [-0.39, 0.29) is 11.7 Å². The third-order valence-corrected chi connectivity index (χ3v) is 7.12. The summed E-state index contributed by atoms with van der Waals surface area (Å²) in [6.45, 7) is 2.47.